The average molecular weight is 1890 g/mol. The van der Waals surface area contributed by atoms with Crippen LogP contribution in [0.5, 0.6) is 46.0 Å². The number of likely N-dealkylation sites (N-methyl/N-ethyl adjacent to an activating group) is 2. The van der Waals surface area contributed by atoms with E-state index >= 15 is 0 Å². The standard InChI is InChI=1S/C30H41N3O4.C29H41N3O3.C28H38N2O4.C26H35N3O3/c1-21(2)20-37-28-17-23(9-10-27(28)35)11-12-30(4,5)33-18-24-7-6-8-25(26(24)19-33)29(36)32-15-13-31(14-16-32)22(3)34;1-21(2)20-35-27-17-22(9-10-26(27)33)11-12-29(3,4)32-18-23-7-6-8-24(25(23)19-32)28(34)31-15-13-30(5)14-16-31;1-20(2)19-34-26-16-21(8-9-25(26)31)10-11-28(3,4)30-17-22-6-5-7-23(24(22)18-30)27(32)29-12-14-33-15-13-29;1-26(2,11-10-19-8-9-23(30)24(16-19)32-4)29-17-20-6-5-7-21(22(20)18-29)25(31)28-14-12-27(3)13-15-28/h6-10,17,21,35H,11-16,18-20H2,1-5H3;6-10,17,21,33H,11-16,18-20H2,1-5H3;5-9,16,20,31H,10-15,17-19H2,1-4H3;5-9,16,30H,10-15,17-18H2,1-4H3. The molecule has 5 amide bonds. The molecule has 0 unspecified atom stereocenters. The number of rotatable bonds is 30. The number of nitrogens with zero attached hydrogens (tertiary/aromatic N) is 11. The molecule has 4 fully saturated rings. The molecule has 8 aliphatic heterocycles. The van der Waals surface area contributed by atoms with Crippen molar-refractivity contribution in [1.29, 1.82) is 0 Å². The van der Waals surface area contributed by atoms with E-state index in [1.807, 2.05) is 117 Å². The average Bonchev–Trinajstić information content (AvgIpc) is 1.69. The highest BCUT2D eigenvalue weighted by Gasteiger charge is 2.41. The second kappa shape index (κ2) is 46.5. The van der Waals surface area contributed by atoms with Gasteiger partial charge < -0.3 is 78.4 Å². The summed E-state index contributed by atoms with van der Waals surface area (Å²) >= 11 is 0. The van der Waals surface area contributed by atoms with E-state index in [1.54, 1.807) is 43.2 Å². The molecular formula is C113H155N11O14. The second-order valence-corrected chi connectivity index (χ2v) is 42.9. The van der Waals surface area contributed by atoms with Crippen molar-refractivity contribution in [2.75, 3.05) is 146 Å². The lowest BCUT2D eigenvalue weighted by Crippen LogP contribution is -2.50. The number of aromatic hydroxyl groups is 4. The van der Waals surface area contributed by atoms with Crippen LogP contribution in [0.2, 0.25) is 0 Å². The van der Waals surface area contributed by atoms with E-state index in [1.165, 1.54) is 38.9 Å². The predicted octanol–water partition coefficient (Wildman–Crippen LogP) is 17.1. The van der Waals surface area contributed by atoms with E-state index in [0.717, 1.165) is 206 Å². The molecule has 0 atom stereocenters. The highest BCUT2D eigenvalue weighted by atomic mass is 16.5. The van der Waals surface area contributed by atoms with Gasteiger partial charge in [-0.15, -0.1) is 0 Å². The minimum Gasteiger partial charge on any atom is -0.504 e. The summed E-state index contributed by atoms with van der Waals surface area (Å²) < 4.78 is 28.1. The molecule has 8 heterocycles. The molecule has 0 bridgehead atoms. The van der Waals surface area contributed by atoms with E-state index in [-0.39, 0.29) is 74.7 Å². The monoisotopic (exact) mass is 1890 g/mol. The zero-order valence-electron chi connectivity index (χ0n) is 85.6. The van der Waals surface area contributed by atoms with E-state index in [9.17, 15) is 44.4 Å². The van der Waals surface area contributed by atoms with E-state index < -0.39 is 0 Å². The first-order chi connectivity index (χ1) is 65.7. The van der Waals surface area contributed by atoms with Crippen molar-refractivity contribution >= 4 is 29.5 Å². The van der Waals surface area contributed by atoms with E-state index in [0.29, 0.717) is 113 Å². The third-order valence-corrected chi connectivity index (χ3v) is 29.3. The van der Waals surface area contributed by atoms with Crippen LogP contribution < -0.4 is 18.9 Å². The fourth-order valence-corrected chi connectivity index (χ4v) is 19.5. The maximum atomic E-state index is 13.4. The van der Waals surface area contributed by atoms with Crippen LogP contribution in [-0.2, 0) is 87.6 Å². The fraction of sp³-hybridized carbons (Fsp3) is 0.531. The van der Waals surface area contributed by atoms with Crippen LogP contribution in [0.15, 0.2) is 146 Å². The molecule has 0 aliphatic carbocycles. The van der Waals surface area contributed by atoms with Crippen molar-refractivity contribution in [3.8, 4) is 46.0 Å². The lowest BCUT2D eigenvalue weighted by molar-refractivity contribution is -0.130. The smallest absolute Gasteiger partial charge is 0.254 e. The molecule has 138 heavy (non-hydrogen) atoms. The number of piperazine rings is 3. The minimum absolute atomic E-state index is 0.0295. The summed E-state index contributed by atoms with van der Waals surface area (Å²) in [6.07, 6.45) is 7.37. The van der Waals surface area contributed by atoms with Gasteiger partial charge in [-0.2, -0.15) is 0 Å². The maximum absolute atomic E-state index is 13.4. The van der Waals surface area contributed by atoms with Gasteiger partial charge in [-0.1, -0.05) is 114 Å². The summed E-state index contributed by atoms with van der Waals surface area (Å²) in [5.41, 5.74) is 17.5. The van der Waals surface area contributed by atoms with Gasteiger partial charge in [0.1, 0.15) is 0 Å². The molecule has 25 heteroatoms. The number of amides is 5. The summed E-state index contributed by atoms with van der Waals surface area (Å²) in [5, 5.41) is 40.3. The number of fused-ring (bicyclic) bond motifs is 4. The SMILES string of the molecule is CC(=O)N1CCN(C(=O)c2cccc3c2CN(C(C)(C)CCc2ccc(O)c(OCC(C)C)c2)C3)CC1.CC(C)COc1cc(CCC(C)(C)N2Cc3cccc(C(=O)N4CCN(C)CC4)c3C2)ccc1O.CC(C)COc1cc(CCC(C)(C)N2Cc3cccc(C(=O)N4CCOCC4)c3C2)ccc1O.COc1cc(CCC(C)(C)N2Cc3cccc(C(=O)N4CCN(C)CC4)c3C2)ccc1O. The zero-order valence-corrected chi connectivity index (χ0v) is 85.6. The minimum atomic E-state index is -0.0801. The Morgan fingerprint density at radius 1 is 0.326 bits per heavy atom. The molecule has 8 aromatic rings. The molecule has 0 spiro atoms. The third-order valence-electron chi connectivity index (χ3n) is 29.3. The number of carbonyl (C=O) groups is 5. The van der Waals surface area contributed by atoms with Gasteiger partial charge in [0, 0.05) is 195 Å². The van der Waals surface area contributed by atoms with Gasteiger partial charge in [0.25, 0.3) is 23.6 Å². The molecule has 4 saturated heterocycles. The van der Waals surface area contributed by atoms with E-state index in [4.69, 9.17) is 23.7 Å². The first kappa shape index (κ1) is 105. The van der Waals surface area contributed by atoms with Crippen LogP contribution in [0.4, 0.5) is 0 Å². The first-order valence-corrected chi connectivity index (χ1v) is 50.2. The Labute approximate surface area is 820 Å². The molecule has 0 aromatic heterocycles. The Balaban J connectivity index is 0.000000155. The summed E-state index contributed by atoms with van der Waals surface area (Å²) in [6, 6.07) is 47.2. The number of morpholine rings is 1. The van der Waals surface area contributed by atoms with Crippen molar-refractivity contribution in [2.45, 2.75) is 230 Å². The Kier molecular flexibility index (Phi) is 35.3. The molecule has 4 N–H and O–H groups in total. The number of phenols is 4. The van der Waals surface area contributed by atoms with Crippen LogP contribution in [0.3, 0.4) is 0 Å². The van der Waals surface area contributed by atoms with Gasteiger partial charge in [0.2, 0.25) is 5.91 Å². The van der Waals surface area contributed by atoms with Crippen molar-refractivity contribution in [2.24, 2.45) is 17.8 Å². The van der Waals surface area contributed by atoms with Crippen molar-refractivity contribution in [3.05, 3.63) is 235 Å². The highest BCUT2D eigenvalue weighted by Crippen LogP contribution is 2.42. The third kappa shape index (κ3) is 26.9. The van der Waals surface area contributed by atoms with Crippen LogP contribution in [0.1, 0.15) is 238 Å². The molecular weight excluding hydrogens is 1740 g/mol. The van der Waals surface area contributed by atoms with Gasteiger partial charge in [-0.3, -0.25) is 43.6 Å². The number of carbonyl (C=O) groups excluding carboxylic acids is 5. The van der Waals surface area contributed by atoms with Crippen molar-refractivity contribution in [3.63, 3.8) is 0 Å². The number of hydrogen-bond donors (Lipinski definition) is 4. The van der Waals surface area contributed by atoms with Crippen LogP contribution >= 0.6 is 0 Å². The Hall–Kier alpha value is -10.8. The summed E-state index contributed by atoms with van der Waals surface area (Å²) in [6.45, 7) is 52.4. The maximum Gasteiger partial charge on any atom is 0.254 e. The lowest BCUT2D eigenvalue weighted by Gasteiger charge is -2.36. The molecule has 0 saturated carbocycles. The second-order valence-electron chi connectivity index (χ2n) is 42.9. The van der Waals surface area contributed by atoms with Crippen LogP contribution in [0, 0.1) is 17.8 Å². The number of ether oxygens (including phenoxy) is 5. The summed E-state index contributed by atoms with van der Waals surface area (Å²) in [5.74, 6) is 4.72. The largest absolute Gasteiger partial charge is 0.504 e. The van der Waals surface area contributed by atoms with Crippen LogP contribution in [-0.4, -0.2) is 272 Å². The lowest BCUT2D eigenvalue weighted by atomic mass is 9.93. The van der Waals surface area contributed by atoms with Gasteiger partial charge >= 0.3 is 0 Å². The molecule has 746 valence electrons. The number of phenolic OH excluding ortho intramolecular Hbond substituents is 4. The quantitative estimate of drug-likeness (QED) is 0.0327. The predicted molar refractivity (Wildman–Crippen MR) is 544 cm³/mol. The number of methoxy groups -OCH3 is 1. The summed E-state index contributed by atoms with van der Waals surface area (Å²) in [4.78, 5) is 89.0. The molecule has 16 rings (SSSR count). The van der Waals surface area contributed by atoms with Crippen molar-refractivity contribution < 1.29 is 68.1 Å². The fourth-order valence-electron chi connectivity index (χ4n) is 19.5. The molecule has 0 radical (unpaired) electrons. The summed E-state index contributed by atoms with van der Waals surface area (Å²) in [7, 11) is 5.79. The number of aryl methyl sites for hydroxylation is 4. The topological polar surface area (TPSA) is 248 Å². The van der Waals surface area contributed by atoms with Gasteiger partial charge in [-0.05, 0) is 278 Å². The van der Waals surface area contributed by atoms with Gasteiger partial charge in [0.15, 0.2) is 46.0 Å². The van der Waals surface area contributed by atoms with Crippen molar-refractivity contribution in [1.82, 2.24) is 53.9 Å². The molecule has 8 aliphatic rings. The Morgan fingerprint density at radius 3 is 0.819 bits per heavy atom. The normalized spacial score (nSPS) is 16.9. The first-order valence-electron chi connectivity index (χ1n) is 50.2. The highest BCUT2D eigenvalue weighted by molar-refractivity contribution is 5.98. The van der Waals surface area contributed by atoms with Gasteiger partial charge in [0.05, 0.1) is 40.1 Å². The number of hydrogen-bond acceptors (Lipinski definition) is 20. The molecule has 25 nitrogen and oxygen atoms in total. The Morgan fingerprint density at radius 2 is 0.565 bits per heavy atom. The Bertz CT molecular complexity index is 5500. The van der Waals surface area contributed by atoms with Crippen LogP contribution in [0.25, 0.3) is 0 Å². The molecule has 8 aromatic carbocycles. The number of benzene rings is 8. The van der Waals surface area contributed by atoms with Gasteiger partial charge in [-0.25, -0.2) is 0 Å². The zero-order chi connectivity index (χ0) is 99.1. The van der Waals surface area contributed by atoms with E-state index in [2.05, 4.69) is 165 Å².